The van der Waals surface area contributed by atoms with Crippen molar-refractivity contribution in [3.05, 3.63) is 71.8 Å². The molecule has 0 amide bonds. The minimum absolute atomic E-state index is 0.0196. The van der Waals surface area contributed by atoms with Gasteiger partial charge in [-0.05, 0) is 55.9 Å². The number of Topliss-reactive ketones (excluding diaryl/α,β-unsaturated/α-hetero) is 1. The quantitative estimate of drug-likeness (QED) is 0.752. The van der Waals surface area contributed by atoms with Gasteiger partial charge in [0.1, 0.15) is 5.78 Å². The van der Waals surface area contributed by atoms with Crippen molar-refractivity contribution in [1.29, 1.82) is 0 Å². The first kappa shape index (κ1) is 16.5. The van der Waals surface area contributed by atoms with E-state index in [1.165, 1.54) is 0 Å². The fourth-order valence-electron chi connectivity index (χ4n) is 4.51. The maximum absolute atomic E-state index is 13.2. The Morgan fingerprint density at radius 2 is 1.68 bits per heavy atom. The van der Waals surface area contributed by atoms with Gasteiger partial charge in [0.2, 0.25) is 0 Å². The van der Waals surface area contributed by atoms with Gasteiger partial charge in [-0.2, -0.15) is 0 Å². The summed E-state index contributed by atoms with van der Waals surface area (Å²) < 4.78 is 13.2. The third-order valence-electron chi connectivity index (χ3n) is 5.64. The van der Waals surface area contributed by atoms with Crippen LogP contribution in [0.15, 0.2) is 70.5 Å². The molecule has 2 aliphatic rings. The molecule has 0 N–H and O–H groups in total. The molecule has 5 atom stereocenters. The Morgan fingerprint density at radius 1 is 1.00 bits per heavy atom. The number of rotatable bonds is 4. The van der Waals surface area contributed by atoms with E-state index >= 15 is 0 Å². The van der Waals surface area contributed by atoms with Crippen LogP contribution < -0.4 is 0 Å². The molecule has 4 rings (SSSR count). The maximum Gasteiger partial charge on any atom is 0.134 e. The van der Waals surface area contributed by atoms with Crippen LogP contribution in [0.1, 0.15) is 30.4 Å². The smallest absolute Gasteiger partial charge is 0.134 e. The second-order valence-electron chi connectivity index (χ2n) is 7.23. The van der Waals surface area contributed by atoms with Crippen LogP contribution in [-0.2, 0) is 15.6 Å². The van der Waals surface area contributed by atoms with Crippen molar-refractivity contribution in [2.45, 2.75) is 36.0 Å². The summed E-state index contributed by atoms with van der Waals surface area (Å²) >= 11 is 0. The number of aryl methyl sites for hydroxylation is 1. The average molecular weight is 350 g/mol. The average Bonchev–Trinajstić information content (AvgIpc) is 3.23. The highest BCUT2D eigenvalue weighted by molar-refractivity contribution is 7.85. The second-order valence-corrected chi connectivity index (χ2v) is 8.68. The molecule has 0 radical (unpaired) electrons. The largest absolute Gasteiger partial charge is 0.300 e. The number of ketones is 1. The summed E-state index contributed by atoms with van der Waals surface area (Å²) in [6.07, 6.45) is 5.49. The molecule has 2 aromatic carbocycles. The van der Waals surface area contributed by atoms with Crippen LogP contribution in [0, 0.1) is 24.7 Å². The summed E-state index contributed by atoms with van der Waals surface area (Å²) in [7, 11) is -1.23. The zero-order valence-electron chi connectivity index (χ0n) is 14.5. The Labute approximate surface area is 151 Å². The van der Waals surface area contributed by atoms with Crippen LogP contribution >= 0.6 is 0 Å². The van der Waals surface area contributed by atoms with Gasteiger partial charge in [-0.15, -0.1) is 0 Å². The van der Waals surface area contributed by atoms with Crippen molar-refractivity contribution in [3.63, 3.8) is 0 Å². The Balaban J connectivity index is 1.77. The Bertz CT molecular complexity index is 866. The molecular weight excluding hydrogens is 328 g/mol. The number of fused-ring (bicyclic) bond motifs is 2. The first-order chi connectivity index (χ1) is 12.1. The Hall–Kier alpha value is -2.00. The van der Waals surface area contributed by atoms with Gasteiger partial charge in [-0.3, -0.25) is 4.79 Å². The summed E-state index contributed by atoms with van der Waals surface area (Å²) in [5.74, 6) is 1.14. The molecule has 3 heteroatoms. The van der Waals surface area contributed by atoms with Crippen molar-refractivity contribution in [3.8, 4) is 0 Å². The fraction of sp³-hybridized carbons (Fsp3) is 0.318. The molecule has 0 aliphatic heterocycles. The first-order valence-electron chi connectivity index (χ1n) is 8.82. The number of carbonyl (C=O) groups is 1. The summed E-state index contributed by atoms with van der Waals surface area (Å²) in [6.45, 7) is 3.73. The van der Waals surface area contributed by atoms with Crippen LogP contribution in [0.5, 0.6) is 0 Å². The van der Waals surface area contributed by atoms with Gasteiger partial charge in [0, 0.05) is 21.6 Å². The predicted octanol–water partition coefficient (Wildman–Crippen LogP) is 4.66. The molecule has 2 nitrogen and oxygen atoms in total. The number of carbonyl (C=O) groups excluding carboxylic acids is 1. The predicted molar refractivity (Wildman–Crippen MR) is 99.9 cm³/mol. The second kappa shape index (κ2) is 6.38. The SMILES string of the molecule is CC(=O)[C@@H]1[C@@H](c2ccccc2S(=O)c2ccc(C)cc2)[C@H]2C=C[C@@H]1C2. The van der Waals surface area contributed by atoms with Gasteiger partial charge in [-0.25, -0.2) is 4.21 Å². The third-order valence-corrected chi connectivity index (χ3v) is 7.11. The van der Waals surface area contributed by atoms with E-state index in [0.717, 1.165) is 27.3 Å². The standard InChI is InChI=1S/C22H22O2S/c1-14-7-11-18(12-8-14)25(24)20-6-4-3-5-19(20)22-17-10-9-16(13-17)21(22)15(2)23/h3-12,16-17,21-22H,13H2,1-2H3/t16-,17+,21+,22-,25?/m1/s1. The fourth-order valence-corrected chi connectivity index (χ4v) is 5.77. The van der Waals surface area contributed by atoms with E-state index < -0.39 is 10.8 Å². The summed E-state index contributed by atoms with van der Waals surface area (Å²) in [6, 6.07) is 15.8. The highest BCUT2D eigenvalue weighted by atomic mass is 32.2. The van der Waals surface area contributed by atoms with Gasteiger partial charge in [0.05, 0.1) is 10.8 Å². The molecule has 0 saturated heterocycles. The molecule has 1 unspecified atom stereocenters. The van der Waals surface area contributed by atoms with E-state index in [1.807, 2.05) is 49.4 Å². The van der Waals surface area contributed by atoms with Crippen LogP contribution in [0.4, 0.5) is 0 Å². The van der Waals surface area contributed by atoms with Crippen LogP contribution in [0.2, 0.25) is 0 Å². The molecule has 128 valence electrons. The minimum Gasteiger partial charge on any atom is -0.300 e. The third kappa shape index (κ3) is 2.81. The van der Waals surface area contributed by atoms with Crippen molar-refractivity contribution in [2.24, 2.45) is 17.8 Å². The van der Waals surface area contributed by atoms with Crippen molar-refractivity contribution >= 4 is 16.6 Å². The summed E-state index contributed by atoms with van der Waals surface area (Å²) in [5.41, 5.74) is 2.24. The normalized spacial score (nSPS) is 28.2. The first-order valence-corrected chi connectivity index (χ1v) is 9.97. The lowest BCUT2D eigenvalue weighted by molar-refractivity contribution is -0.121. The molecule has 0 heterocycles. The molecule has 2 aliphatic carbocycles. The highest BCUT2D eigenvalue weighted by Gasteiger charge is 2.48. The Kier molecular flexibility index (Phi) is 4.20. The Morgan fingerprint density at radius 3 is 2.40 bits per heavy atom. The number of hydrogen-bond acceptors (Lipinski definition) is 2. The van der Waals surface area contributed by atoms with Crippen molar-refractivity contribution < 1.29 is 9.00 Å². The molecule has 0 aromatic heterocycles. The van der Waals surface area contributed by atoms with Gasteiger partial charge in [-0.1, -0.05) is 48.0 Å². The van der Waals surface area contributed by atoms with Crippen LogP contribution in [0.3, 0.4) is 0 Å². The van der Waals surface area contributed by atoms with E-state index in [2.05, 4.69) is 18.2 Å². The topological polar surface area (TPSA) is 34.1 Å². The van der Waals surface area contributed by atoms with Gasteiger partial charge in [0.25, 0.3) is 0 Å². The molecular formula is C22H22O2S. The van der Waals surface area contributed by atoms with E-state index in [4.69, 9.17) is 0 Å². The van der Waals surface area contributed by atoms with Gasteiger partial charge >= 0.3 is 0 Å². The zero-order valence-corrected chi connectivity index (χ0v) is 15.3. The van der Waals surface area contributed by atoms with E-state index in [9.17, 15) is 9.00 Å². The highest BCUT2D eigenvalue weighted by Crippen LogP contribution is 2.54. The van der Waals surface area contributed by atoms with E-state index in [-0.39, 0.29) is 17.6 Å². The van der Waals surface area contributed by atoms with Crippen molar-refractivity contribution in [2.75, 3.05) is 0 Å². The van der Waals surface area contributed by atoms with Crippen LogP contribution in [0.25, 0.3) is 0 Å². The van der Waals surface area contributed by atoms with E-state index in [1.54, 1.807) is 6.92 Å². The summed E-state index contributed by atoms with van der Waals surface area (Å²) in [5, 5.41) is 0. The molecule has 1 fully saturated rings. The van der Waals surface area contributed by atoms with Gasteiger partial charge in [0.15, 0.2) is 0 Å². The van der Waals surface area contributed by atoms with Crippen molar-refractivity contribution in [1.82, 2.24) is 0 Å². The molecule has 2 aromatic rings. The lowest BCUT2D eigenvalue weighted by atomic mass is 9.77. The number of benzene rings is 2. The molecule has 1 saturated carbocycles. The van der Waals surface area contributed by atoms with E-state index in [0.29, 0.717) is 11.8 Å². The lowest BCUT2D eigenvalue weighted by Gasteiger charge is -2.28. The molecule has 2 bridgehead atoms. The zero-order chi connectivity index (χ0) is 17.6. The monoisotopic (exact) mass is 350 g/mol. The molecule has 0 spiro atoms. The summed E-state index contributed by atoms with van der Waals surface area (Å²) in [4.78, 5) is 14.0. The van der Waals surface area contributed by atoms with Crippen LogP contribution in [-0.4, -0.2) is 9.99 Å². The van der Waals surface area contributed by atoms with Gasteiger partial charge < -0.3 is 0 Å². The lowest BCUT2D eigenvalue weighted by Crippen LogP contribution is -2.25. The maximum atomic E-state index is 13.2. The number of hydrogen-bond donors (Lipinski definition) is 0. The number of allylic oxidation sites excluding steroid dienone is 2. The minimum atomic E-state index is -1.23. The molecule has 25 heavy (non-hydrogen) atoms.